The lowest BCUT2D eigenvalue weighted by Crippen LogP contribution is -2.66. The maximum Gasteiger partial charge on any atom is 0.186 e. The van der Waals surface area contributed by atoms with Crippen molar-refractivity contribution in [2.24, 2.45) is 46.3 Å². The molecule has 43 heavy (non-hydrogen) atoms. The normalized spacial score (nSPS) is 49.7. The zero-order valence-corrected chi connectivity index (χ0v) is 27.1. The molecule has 3 saturated carbocycles. The average molecular weight is 607 g/mol. The number of allylic oxidation sites excluding steroid dienone is 3. The van der Waals surface area contributed by atoms with E-state index in [9.17, 15) is 30.6 Å². The predicted octanol–water partition coefficient (Wildman–Crippen LogP) is 3.71. The topological polar surface area (TPSA) is 140 Å². The molecule has 0 aromatic rings. The summed E-state index contributed by atoms with van der Waals surface area (Å²) in [6.07, 6.45) is 5.51. The van der Waals surface area contributed by atoms with Crippen molar-refractivity contribution in [2.75, 3.05) is 6.61 Å². The maximum atomic E-state index is 12.2. The van der Waals surface area contributed by atoms with Crippen molar-refractivity contribution in [1.82, 2.24) is 0 Å². The highest BCUT2D eigenvalue weighted by Crippen LogP contribution is 2.67. The number of rotatable bonds is 8. The van der Waals surface area contributed by atoms with Crippen LogP contribution in [0.4, 0.5) is 0 Å². The maximum absolute atomic E-state index is 12.2. The SMILES string of the molecule is CC[C@H](/C=C/[C@@H](C)[C@H]1CC[C@H]2C3=C[C@@H](O)[C@@]4(O)C[C@@H](O[C@@H]5O[C@H](CO)[C@@H](O)[C@H](O)[C@H]5O)CC[C@]4(C)[C@H]3CC[C@]12C)C(C)C. The van der Waals surface area contributed by atoms with E-state index in [0.29, 0.717) is 42.4 Å². The molecule has 5 rings (SSSR count). The van der Waals surface area contributed by atoms with E-state index in [1.165, 1.54) is 12.0 Å². The number of fused-ring (bicyclic) bond motifs is 5. The molecule has 0 spiro atoms. The Bertz CT molecular complexity index is 1040. The van der Waals surface area contributed by atoms with Gasteiger partial charge in [0.05, 0.1) is 12.7 Å². The molecule has 6 N–H and O–H groups in total. The van der Waals surface area contributed by atoms with Gasteiger partial charge < -0.3 is 40.1 Å². The number of aliphatic hydroxyl groups excluding tert-OH is 5. The molecule has 0 aromatic carbocycles. The van der Waals surface area contributed by atoms with Crippen molar-refractivity contribution in [1.29, 1.82) is 0 Å². The molecule has 4 fully saturated rings. The van der Waals surface area contributed by atoms with Gasteiger partial charge >= 0.3 is 0 Å². The van der Waals surface area contributed by atoms with E-state index in [1.807, 2.05) is 6.08 Å². The first-order valence-electron chi connectivity index (χ1n) is 17.0. The van der Waals surface area contributed by atoms with Crippen LogP contribution >= 0.6 is 0 Å². The number of hydrogen-bond donors (Lipinski definition) is 6. The highest BCUT2D eigenvalue weighted by molar-refractivity contribution is 5.33. The third-order valence-corrected chi connectivity index (χ3v) is 13.1. The molecule has 0 unspecified atom stereocenters. The Morgan fingerprint density at radius 3 is 2.33 bits per heavy atom. The van der Waals surface area contributed by atoms with Crippen molar-refractivity contribution in [2.45, 2.75) is 141 Å². The van der Waals surface area contributed by atoms with Gasteiger partial charge in [-0.1, -0.05) is 65.3 Å². The Labute approximate surface area is 258 Å². The molecule has 1 heterocycles. The fraction of sp³-hybridized carbons (Fsp3) is 0.886. The van der Waals surface area contributed by atoms with Crippen LogP contribution in [0, 0.1) is 46.3 Å². The largest absolute Gasteiger partial charge is 0.394 e. The Kier molecular flexibility index (Phi) is 9.67. The molecule has 0 bridgehead atoms. The summed E-state index contributed by atoms with van der Waals surface area (Å²) in [4.78, 5) is 0. The second-order valence-corrected chi connectivity index (χ2v) is 15.5. The molecule has 0 radical (unpaired) electrons. The molecular weight excluding hydrogens is 548 g/mol. The summed E-state index contributed by atoms with van der Waals surface area (Å²) in [6.45, 7) is 13.3. The van der Waals surface area contributed by atoms with E-state index >= 15 is 0 Å². The van der Waals surface area contributed by atoms with Gasteiger partial charge in [0, 0.05) is 11.8 Å². The minimum atomic E-state index is -1.52. The summed E-state index contributed by atoms with van der Waals surface area (Å²) in [5.41, 5.74) is -0.427. The first-order valence-corrected chi connectivity index (χ1v) is 17.0. The summed E-state index contributed by atoms with van der Waals surface area (Å²) in [5, 5.41) is 64.3. The third-order valence-electron chi connectivity index (χ3n) is 13.1. The van der Waals surface area contributed by atoms with Crippen LogP contribution in [-0.2, 0) is 9.47 Å². The third kappa shape index (κ3) is 5.50. The lowest BCUT2D eigenvalue weighted by atomic mass is 9.45. The van der Waals surface area contributed by atoms with E-state index < -0.39 is 60.5 Å². The lowest BCUT2D eigenvalue weighted by molar-refractivity contribution is -0.322. The van der Waals surface area contributed by atoms with E-state index in [4.69, 9.17) is 9.47 Å². The van der Waals surface area contributed by atoms with Crippen molar-refractivity contribution in [3.05, 3.63) is 23.8 Å². The van der Waals surface area contributed by atoms with E-state index in [0.717, 1.165) is 25.7 Å². The van der Waals surface area contributed by atoms with Crippen LogP contribution in [0.1, 0.15) is 92.9 Å². The molecule has 0 aromatic heterocycles. The second kappa shape index (κ2) is 12.4. The first kappa shape index (κ1) is 33.5. The Balaban J connectivity index is 1.33. The lowest BCUT2D eigenvalue weighted by Gasteiger charge is -2.62. The van der Waals surface area contributed by atoms with Crippen LogP contribution in [0.15, 0.2) is 23.8 Å². The molecule has 0 amide bonds. The van der Waals surface area contributed by atoms with Crippen LogP contribution in [0.3, 0.4) is 0 Å². The van der Waals surface area contributed by atoms with Crippen LogP contribution in [-0.4, -0.2) is 85.8 Å². The zero-order chi connectivity index (χ0) is 31.5. The van der Waals surface area contributed by atoms with Crippen LogP contribution < -0.4 is 0 Å². The van der Waals surface area contributed by atoms with E-state index in [-0.39, 0.29) is 17.8 Å². The highest BCUT2D eigenvalue weighted by Gasteiger charge is 2.65. The van der Waals surface area contributed by atoms with E-state index in [1.54, 1.807) is 0 Å². The Hall–Kier alpha value is -0.840. The summed E-state index contributed by atoms with van der Waals surface area (Å²) >= 11 is 0. The van der Waals surface area contributed by atoms with Gasteiger partial charge in [-0.3, -0.25) is 0 Å². The minimum Gasteiger partial charge on any atom is -0.394 e. The fourth-order valence-electron chi connectivity index (χ4n) is 10.2. The molecule has 1 aliphatic heterocycles. The predicted molar refractivity (Wildman–Crippen MR) is 164 cm³/mol. The highest BCUT2D eigenvalue weighted by atomic mass is 16.7. The number of aliphatic hydroxyl groups is 6. The Morgan fingerprint density at radius 2 is 1.67 bits per heavy atom. The number of hydrogen-bond acceptors (Lipinski definition) is 8. The van der Waals surface area contributed by atoms with Gasteiger partial charge in [0.15, 0.2) is 6.29 Å². The van der Waals surface area contributed by atoms with Crippen molar-refractivity contribution < 1.29 is 40.1 Å². The van der Waals surface area contributed by atoms with Gasteiger partial charge in [0.25, 0.3) is 0 Å². The van der Waals surface area contributed by atoms with Gasteiger partial charge in [-0.25, -0.2) is 0 Å². The summed E-state index contributed by atoms with van der Waals surface area (Å²) in [7, 11) is 0. The van der Waals surface area contributed by atoms with Gasteiger partial charge in [-0.2, -0.15) is 0 Å². The van der Waals surface area contributed by atoms with E-state index in [2.05, 4.69) is 53.7 Å². The van der Waals surface area contributed by atoms with Gasteiger partial charge in [0.1, 0.15) is 36.1 Å². The smallest absolute Gasteiger partial charge is 0.186 e. The standard InChI is InChI=1S/C35H58O8/c1-7-21(19(2)3)9-8-20(4)24-10-11-25-23-16-28(37)35(41)17-22(12-15-34(35,6)26(23)13-14-33(24,25)5)42-32-31(40)30(39)29(38)27(18-36)43-32/h8-9,16,19-22,24-32,36-41H,7,10-15,17-18H2,1-6H3/b9-8+/t20-,21-,22+,24-,25+,26+,27-,28-,29-,30+,31-,32-,33-,34-,35+/m1/s1. The average Bonchev–Trinajstić information content (AvgIpc) is 3.32. The van der Waals surface area contributed by atoms with Crippen LogP contribution in [0.2, 0.25) is 0 Å². The fourth-order valence-corrected chi connectivity index (χ4v) is 10.2. The molecule has 8 heteroatoms. The molecule has 246 valence electrons. The Morgan fingerprint density at radius 1 is 0.953 bits per heavy atom. The molecule has 1 saturated heterocycles. The first-order chi connectivity index (χ1) is 20.2. The monoisotopic (exact) mass is 606 g/mol. The summed E-state index contributed by atoms with van der Waals surface area (Å²) < 4.78 is 11.7. The summed E-state index contributed by atoms with van der Waals surface area (Å²) in [6, 6.07) is 0. The van der Waals surface area contributed by atoms with Crippen molar-refractivity contribution in [3.8, 4) is 0 Å². The summed E-state index contributed by atoms with van der Waals surface area (Å²) in [5.74, 6) is 2.92. The molecule has 4 aliphatic carbocycles. The second-order valence-electron chi connectivity index (χ2n) is 15.5. The van der Waals surface area contributed by atoms with Crippen molar-refractivity contribution >= 4 is 0 Å². The zero-order valence-electron chi connectivity index (χ0n) is 27.1. The van der Waals surface area contributed by atoms with Crippen molar-refractivity contribution in [3.63, 3.8) is 0 Å². The van der Waals surface area contributed by atoms with Crippen LogP contribution in [0.25, 0.3) is 0 Å². The molecule has 15 atom stereocenters. The van der Waals surface area contributed by atoms with Gasteiger partial charge in [-0.15, -0.1) is 0 Å². The minimum absolute atomic E-state index is 0.167. The molecule has 5 aliphatic rings. The van der Waals surface area contributed by atoms with Crippen LogP contribution in [0.5, 0.6) is 0 Å². The van der Waals surface area contributed by atoms with Gasteiger partial charge in [-0.05, 0) is 85.9 Å². The number of ether oxygens (including phenoxy) is 2. The quantitative estimate of drug-likeness (QED) is 0.230. The molecule has 8 nitrogen and oxygen atoms in total. The van der Waals surface area contributed by atoms with Gasteiger partial charge in [0.2, 0.25) is 0 Å². The molecular formula is C35H58O8.